The number of rotatable bonds is 3. The molecule has 0 aliphatic carbocycles. The van der Waals surface area contributed by atoms with Crippen molar-refractivity contribution in [3.8, 4) is 0 Å². The Bertz CT molecular complexity index is 933. The maximum Gasteiger partial charge on any atom is 0.410 e. The van der Waals surface area contributed by atoms with Crippen molar-refractivity contribution in [1.82, 2.24) is 24.6 Å². The van der Waals surface area contributed by atoms with Crippen LogP contribution in [0.15, 0.2) is 6.20 Å². The summed E-state index contributed by atoms with van der Waals surface area (Å²) in [6.07, 6.45) is -0.386. The highest BCUT2D eigenvalue weighted by Crippen LogP contribution is 2.41. The molecule has 4 heterocycles. The van der Waals surface area contributed by atoms with Crippen molar-refractivity contribution in [1.29, 1.82) is 0 Å². The number of carbonyl (C=O) groups excluding carboxylic acids is 1. The second-order valence-corrected chi connectivity index (χ2v) is 9.07. The van der Waals surface area contributed by atoms with Crippen LogP contribution in [-0.4, -0.2) is 68.9 Å². The van der Waals surface area contributed by atoms with Gasteiger partial charge in [-0.2, -0.15) is 5.10 Å². The summed E-state index contributed by atoms with van der Waals surface area (Å²) in [5.41, 5.74) is 1.14. The fourth-order valence-electron chi connectivity index (χ4n) is 4.13. The highest BCUT2D eigenvalue weighted by atomic mass is 19.3. The molecule has 10 heteroatoms. The van der Waals surface area contributed by atoms with Crippen LogP contribution in [0.5, 0.6) is 0 Å². The van der Waals surface area contributed by atoms with Gasteiger partial charge in [0.25, 0.3) is 6.43 Å². The topological polar surface area (TPSA) is 76.4 Å². The number of carbonyl (C=O) groups is 1. The molecule has 2 aromatic rings. The van der Waals surface area contributed by atoms with Gasteiger partial charge < -0.3 is 14.5 Å². The Labute approximate surface area is 167 Å². The predicted octanol–water partition coefficient (Wildman–Crippen LogP) is 2.85. The summed E-state index contributed by atoms with van der Waals surface area (Å²) in [6.45, 7) is 9.76. The van der Waals surface area contributed by atoms with Crippen LogP contribution in [0.3, 0.4) is 0 Å². The Hall–Kier alpha value is -2.52. The molecule has 1 spiro atoms. The van der Waals surface area contributed by atoms with Crippen molar-refractivity contribution in [3.63, 3.8) is 0 Å². The van der Waals surface area contributed by atoms with Crippen LogP contribution >= 0.6 is 0 Å². The van der Waals surface area contributed by atoms with Crippen molar-refractivity contribution >= 4 is 23.1 Å². The van der Waals surface area contributed by atoms with Crippen molar-refractivity contribution < 1.29 is 18.3 Å². The molecule has 2 aliphatic heterocycles. The first-order chi connectivity index (χ1) is 13.6. The number of likely N-dealkylation sites (tertiary alicyclic amines) is 1. The lowest BCUT2D eigenvalue weighted by atomic mass is 9.79. The number of fused-ring (bicyclic) bond motifs is 1. The Balaban J connectivity index is 1.48. The number of ether oxygens (including phenoxy) is 1. The van der Waals surface area contributed by atoms with E-state index in [1.54, 1.807) is 4.90 Å². The molecule has 4 rings (SSSR count). The summed E-state index contributed by atoms with van der Waals surface area (Å²) in [6, 6.07) is 0. The van der Waals surface area contributed by atoms with E-state index < -0.39 is 18.6 Å². The first-order valence-electron chi connectivity index (χ1n) is 9.76. The molecule has 1 amide bonds. The van der Waals surface area contributed by atoms with E-state index in [0.29, 0.717) is 30.1 Å². The number of anilines is 1. The summed E-state index contributed by atoms with van der Waals surface area (Å²) < 4.78 is 32.3. The average molecular weight is 408 g/mol. The highest BCUT2D eigenvalue weighted by Gasteiger charge is 2.50. The fraction of sp³-hybridized carbons (Fsp3) is 0.684. The van der Waals surface area contributed by atoms with Crippen molar-refractivity contribution in [3.05, 3.63) is 11.9 Å². The minimum atomic E-state index is -2.51. The third kappa shape index (κ3) is 3.84. The number of amides is 1. The monoisotopic (exact) mass is 408 g/mol. The Morgan fingerprint density at radius 2 is 2.00 bits per heavy atom. The lowest BCUT2D eigenvalue weighted by Gasteiger charge is -2.47. The zero-order chi connectivity index (χ0) is 21.0. The number of halogens is 2. The van der Waals surface area contributed by atoms with E-state index in [9.17, 15) is 13.6 Å². The van der Waals surface area contributed by atoms with Crippen molar-refractivity contribution in [2.24, 2.45) is 5.41 Å². The van der Waals surface area contributed by atoms with Gasteiger partial charge in [-0.05, 0) is 34.1 Å². The lowest BCUT2D eigenvalue weighted by Crippen LogP contribution is -2.60. The molecule has 0 unspecified atom stereocenters. The number of hydrogen-bond acceptors (Lipinski definition) is 6. The second-order valence-electron chi connectivity index (χ2n) is 9.07. The van der Waals surface area contributed by atoms with Gasteiger partial charge in [0.15, 0.2) is 11.5 Å². The third-order valence-electron chi connectivity index (χ3n) is 5.37. The number of aryl methyl sites for hydroxylation is 1. The van der Waals surface area contributed by atoms with Crippen molar-refractivity contribution in [2.45, 2.75) is 52.7 Å². The van der Waals surface area contributed by atoms with Gasteiger partial charge in [-0.25, -0.2) is 28.2 Å². The van der Waals surface area contributed by atoms with Gasteiger partial charge in [0.05, 0.1) is 11.9 Å². The van der Waals surface area contributed by atoms with Crippen LogP contribution in [0, 0.1) is 12.3 Å². The largest absolute Gasteiger partial charge is 0.444 e. The molecule has 8 nitrogen and oxygen atoms in total. The first kappa shape index (κ1) is 19.8. The van der Waals surface area contributed by atoms with Crippen LogP contribution in [0.2, 0.25) is 0 Å². The molecule has 2 aliphatic rings. The van der Waals surface area contributed by atoms with E-state index in [4.69, 9.17) is 4.74 Å². The normalized spacial score (nSPS) is 18.7. The molecular weight excluding hydrogens is 382 g/mol. The zero-order valence-corrected chi connectivity index (χ0v) is 17.2. The van der Waals surface area contributed by atoms with Crippen LogP contribution in [0.4, 0.5) is 19.4 Å². The summed E-state index contributed by atoms with van der Waals surface area (Å²) in [7, 11) is 0. The summed E-state index contributed by atoms with van der Waals surface area (Å²) in [5.74, 6) is 0.695. The number of nitrogens with zero attached hydrogens (tertiary/aromatic N) is 6. The number of alkyl halides is 2. The Morgan fingerprint density at radius 1 is 1.28 bits per heavy atom. The smallest absolute Gasteiger partial charge is 0.410 e. The summed E-state index contributed by atoms with van der Waals surface area (Å²) in [4.78, 5) is 25.2. The van der Waals surface area contributed by atoms with Crippen LogP contribution in [0.1, 0.15) is 32.9 Å². The molecule has 2 fully saturated rings. The van der Waals surface area contributed by atoms with Crippen LogP contribution in [-0.2, 0) is 11.3 Å². The van der Waals surface area contributed by atoms with E-state index >= 15 is 0 Å². The van der Waals surface area contributed by atoms with Gasteiger partial charge in [-0.3, -0.25) is 0 Å². The van der Waals surface area contributed by atoms with Gasteiger partial charge in [-0.15, -0.1) is 0 Å². The van der Waals surface area contributed by atoms with E-state index in [-0.39, 0.29) is 11.5 Å². The van der Waals surface area contributed by atoms with Gasteiger partial charge in [0.1, 0.15) is 17.7 Å². The fourth-order valence-corrected chi connectivity index (χ4v) is 4.13. The molecule has 29 heavy (non-hydrogen) atoms. The molecule has 0 bridgehead atoms. The maximum absolute atomic E-state index is 12.8. The van der Waals surface area contributed by atoms with Gasteiger partial charge in [-0.1, -0.05) is 0 Å². The standard InChI is InChI=1S/C19H26F2N6O2/c1-12-15(24-16-13(23-12)7-22-27(16)8-14(20)21)25-6-5-19(9-25)10-26(11-19)17(28)29-18(2,3)4/h7,14H,5-6,8-11H2,1-4H3. The Kier molecular flexibility index (Phi) is 4.62. The first-order valence-corrected chi connectivity index (χ1v) is 9.76. The number of aromatic nitrogens is 4. The molecule has 2 aromatic heterocycles. The van der Waals surface area contributed by atoms with Crippen LogP contribution < -0.4 is 4.90 Å². The molecule has 2 saturated heterocycles. The van der Waals surface area contributed by atoms with E-state index in [0.717, 1.165) is 25.2 Å². The molecule has 0 saturated carbocycles. The van der Waals surface area contributed by atoms with E-state index in [2.05, 4.69) is 20.0 Å². The van der Waals surface area contributed by atoms with Gasteiger partial charge in [0, 0.05) is 31.6 Å². The van der Waals surface area contributed by atoms with E-state index in [1.807, 2.05) is 27.7 Å². The summed E-state index contributed by atoms with van der Waals surface area (Å²) in [5, 5.41) is 3.99. The third-order valence-corrected chi connectivity index (χ3v) is 5.37. The quantitative estimate of drug-likeness (QED) is 0.777. The molecule has 0 aromatic carbocycles. The lowest BCUT2D eigenvalue weighted by molar-refractivity contribution is -0.0266. The van der Waals surface area contributed by atoms with Crippen LogP contribution in [0.25, 0.3) is 11.2 Å². The molecule has 0 N–H and O–H groups in total. The van der Waals surface area contributed by atoms with E-state index in [1.165, 1.54) is 10.9 Å². The Morgan fingerprint density at radius 3 is 2.66 bits per heavy atom. The zero-order valence-electron chi connectivity index (χ0n) is 17.2. The minimum absolute atomic E-state index is 0.0171. The highest BCUT2D eigenvalue weighted by molar-refractivity contribution is 5.73. The van der Waals surface area contributed by atoms with Gasteiger partial charge >= 0.3 is 6.09 Å². The summed E-state index contributed by atoms with van der Waals surface area (Å²) >= 11 is 0. The SMILES string of the molecule is Cc1nc2cnn(CC(F)F)c2nc1N1CCC2(CN(C(=O)OC(C)(C)C)C2)C1. The molecular formula is C19H26F2N6O2. The average Bonchev–Trinajstić information content (AvgIpc) is 3.15. The predicted molar refractivity (Wildman–Crippen MR) is 103 cm³/mol. The maximum atomic E-state index is 12.8. The molecule has 0 radical (unpaired) electrons. The molecule has 158 valence electrons. The van der Waals surface area contributed by atoms with Crippen molar-refractivity contribution in [2.75, 3.05) is 31.1 Å². The molecule has 0 atom stereocenters. The van der Waals surface area contributed by atoms with Gasteiger partial charge in [0.2, 0.25) is 0 Å². The second kappa shape index (κ2) is 6.77. The number of hydrogen-bond donors (Lipinski definition) is 0. The minimum Gasteiger partial charge on any atom is -0.444 e.